The van der Waals surface area contributed by atoms with Crippen molar-refractivity contribution in [1.82, 2.24) is 0 Å². The second-order valence-corrected chi connectivity index (χ2v) is 18.1. The van der Waals surface area contributed by atoms with Crippen LogP contribution in [0.2, 0.25) is 0 Å². The largest absolute Gasteiger partial charge is 0.462 e. The molecule has 0 rings (SSSR count). The SMILES string of the molecule is CC/C=C\C/C=C\C/C=C\C/C=C\C/C=C\CCCCCC(=O)OC[C@H](COC(=O)CCCCC/C=C\C/C=C\C/C=C\C/C=C\CCCCC)OC(=O)CCC/C=C\C/C=C\C/C=C\C/C=C\C/C=C\CC. The molecule has 6 heteroatoms. The highest BCUT2D eigenvalue weighted by molar-refractivity contribution is 5.71. The molecule has 0 bridgehead atoms. The lowest BCUT2D eigenvalue weighted by Gasteiger charge is -2.18. The van der Waals surface area contributed by atoms with Crippen molar-refractivity contribution in [1.29, 1.82) is 0 Å². The lowest BCUT2D eigenvalue weighted by atomic mass is 10.1. The van der Waals surface area contributed by atoms with Gasteiger partial charge in [-0.2, -0.15) is 0 Å². The summed E-state index contributed by atoms with van der Waals surface area (Å²) in [6.07, 6.45) is 87.7. The molecule has 0 aromatic heterocycles. The van der Waals surface area contributed by atoms with Crippen molar-refractivity contribution in [3.05, 3.63) is 170 Å². The summed E-state index contributed by atoms with van der Waals surface area (Å²) in [6, 6.07) is 0. The Labute approximate surface area is 447 Å². The monoisotopic (exact) mass is 1000 g/mol. The Bertz CT molecular complexity index is 1720. The normalized spacial score (nSPS) is 13.4. The van der Waals surface area contributed by atoms with E-state index in [0.717, 1.165) is 141 Å². The third-order valence-corrected chi connectivity index (χ3v) is 11.2. The predicted octanol–water partition coefficient (Wildman–Crippen LogP) is 19.5. The summed E-state index contributed by atoms with van der Waals surface area (Å²) < 4.78 is 16.8. The van der Waals surface area contributed by atoms with Gasteiger partial charge in [0, 0.05) is 19.3 Å². The van der Waals surface area contributed by atoms with Gasteiger partial charge in [0.2, 0.25) is 0 Å². The topological polar surface area (TPSA) is 78.9 Å². The molecule has 0 spiro atoms. The van der Waals surface area contributed by atoms with Gasteiger partial charge in [-0.15, -0.1) is 0 Å². The highest BCUT2D eigenvalue weighted by Crippen LogP contribution is 2.11. The molecule has 0 aliphatic heterocycles. The second-order valence-electron chi connectivity index (χ2n) is 18.1. The molecule has 0 radical (unpaired) electrons. The smallest absolute Gasteiger partial charge is 0.306 e. The van der Waals surface area contributed by atoms with E-state index in [1.165, 1.54) is 25.7 Å². The van der Waals surface area contributed by atoms with Crippen LogP contribution in [-0.2, 0) is 28.6 Å². The molecule has 0 aliphatic rings. The number of ether oxygens (including phenoxy) is 3. The fraction of sp³-hybridized carbons (Fsp3) is 0.537. The Balaban J connectivity index is 4.64. The van der Waals surface area contributed by atoms with E-state index in [9.17, 15) is 14.4 Å². The Kier molecular flexibility index (Phi) is 55.1. The summed E-state index contributed by atoms with van der Waals surface area (Å²) >= 11 is 0. The molecule has 73 heavy (non-hydrogen) atoms. The fourth-order valence-electron chi connectivity index (χ4n) is 6.96. The van der Waals surface area contributed by atoms with Crippen LogP contribution in [0.15, 0.2) is 170 Å². The Hall–Kier alpha value is -5.23. The van der Waals surface area contributed by atoms with Crippen LogP contribution >= 0.6 is 0 Å². The van der Waals surface area contributed by atoms with Crippen molar-refractivity contribution in [3.63, 3.8) is 0 Å². The summed E-state index contributed by atoms with van der Waals surface area (Å²) in [4.78, 5) is 38.2. The number of carbonyl (C=O) groups excluding carboxylic acids is 3. The van der Waals surface area contributed by atoms with Crippen molar-refractivity contribution >= 4 is 17.9 Å². The molecule has 0 saturated carbocycles. The molecular formula is C67H102O6. The molecule has 1 atom stereocenters. The molecule has 0 fully saturated rings. The summed E-state index contributed by atoms with van der Waals surface area (Å²) in [5, 5.41) is 0. The molecule has 0 amide bonds. The van der Waals surface area contributed by atoms with Crippen LogP contribution in [-0.4, -0.2) is 37.2 Å². The Morgan fingerprint density at radius 1 is 0.288 bits per heavy atom. The maximum absolute atomic E-state index is 12.8. The van der Waals surface area contributed by atoms with Gasteiger partial charge in [-0.05, 0) is 148 Å². The zero-order chi connectivity index (χ0) is 52.9. The third-order valence-electron chi connectivity index (χ3n) is 11.2. The molecule has 0 heterocycles. The molecule has 0 unspecified atom stereocenters. The van der Waals surface area contributed by atoms with Crippen molar-refractivity contribution in [3.8, 4) is 0 Å². The van der Waals surface area contributed by atoms with Crippen molar-refractivity contribution in [2.45, 2.75) is 219 Å². The van der Waals surface area contributed by atoms with Crippen LogP contribution in [0.25, 0.3) is 0 Å². The fourth-order valence-corrected chi connectivity index (χ4v) is 6.96. The van der Waals surface area contributed by atoms with Crippen LogP contribution in [0, 0.1) is 0 Å². The minimum atomic E-state index is -0.845. The molecular weight excluding hydrogens is 901 g/mol. The number of carbonyl (C=O) groups is 3. The van der Waals surface area contributed by atoms with E-state index in [-0.39, 0.29) is 31.6 Å². The van der Waals surface area contributed by atoms with Crippen molar-refractivity contribution in [2.75, 3.05) is 13.2 Å². The van der Waals surface area contributed by atoms with Crippen LogP contribution in [0.3, 0.4) is 0 Å². The quantitative estimate of drug-likeness (QED) is 0.0261. The zero-order valence-electron chi connectivity index (χ0n) is 46.3. The van der Waals surface area contributed by atoms with Gasteiger partial charge in [0.15, 0.2) is 6.10 Å². The van der Waals surface area contributed by atoms with Gasteiger partial charge in [0.05, 0.1) is 0 Å². The number of hydrogen-bond donors (Lipinski definition) is 0. The first-order chi connectivity index (χ1) is 36.0. The number of hydrogen-bond acceptors (Lipinski definition) is 6. The first-order valence-electron chi connectivity index (χ1n) is 28.6. The minimum Gasteiger partial charge on any atom is -0.462 e. The average Bonchev–Trinajstić information content (AvgIpc) is 3.39. The van der Waals surface area contributed by atoms with Crippen LogP contribution in [0.4, 0.5) is 0 Å². The predicted molar refractivity (Wildman–Crippen MR) is 315 cm³/mol. The van der Waals surface area contributed by atoms with Crippen molar-refractivity contribution in [2.24, 2.45) is 0 Å². The molecule has 0 aromatic rings. The summed E-state index contributed by atoms with van der Waals surface area (Å²) in [6.45, 7) is 6.26. The van der Waals surface area contributed by atoms with E-state index < -0.39 is 12.1 Å². The standard InChI is InChI=1S/C67H102O6/c1-4-7-10-13-16-19-22-25-28-31-33-36-38-41-44-47-50-53-56-59-65(68)71-62-64(73-67(70)61-58-55-52-49-46-43-40-35-30-27-24-21-18-15-12-9-6-3)63-72-66(69)60-57-54-51-48-45-42-39-37-34-32-29-26-23-20-17-14-11-8-5-2/h7,9-10,12,16-21,25-30,33-34,36-37,40-45,49,52,64H,4-6,8,11,13-15,22-24,31-32,35,38-39,46-48,50-51,53-63H2,1-3H3/b10-7-,12-9-,19-16-,20-17-,21-18-,28-25-,29-26-,30-27-,36-33-,37-34-,43-40-,44-41-,45-42-,52-49-/t64-/m1/s1. The molecule has 6 nitrogen and oxygen atoms in total. The van der Waals surface area contributed by atoms with Crippen LogP contribution in [0.5, 0.6) is 0 Å². The Morgan fingerprint density at radius 3 is 0.849 bits per heavy atom. The molecule has 0 saturated heterocycles. The molecule has 0 N–H and O–H groups in total. The zero-order valence-corrected chi connectivity index (χ0v) is 46.3. The number of allylic oxidation sites excluding steroid dienone is 28. The molecule has 0 aliphatic carbocycles. The summed E-state index contributed by atoms with van der Waals surface area (Å²) in [7, 11) is 0. The van der Waals surface area contributed by atoms with Gasteiger partial charge in [0.25, 0.3) is 0 Å². The lowest BCUT2D eigenvalue weighted by molar-refractivity contribution is -0.167. The van der Waals surface area contributed by atoms with Crippen molar-refractivity contribution < 1.29 is 28.6 Å². The first-order valence-corrected chi connectivity index (χ1v) is 28.6. The van der Waals surface area contributed by atoms with E-state index in [4.69, 9.17) is 14.2 Å². The highest BCUT2D eigenvalue weighted by atomic mass is 16.6. The third kappa shape index (κ3) is 57.5. The van der Waals surface area contributed by atoms with Gasteiger partial charge < -0.3 is 14.2 Å². The van der Waals surface area contributed by atoms with Crippen LogP contribution < -0.4 is 0 Å². The van der Waals surface area contributed by atoms with Crippen LogP contribution in [0.1, 0.15) is 213 Å². The van der Waals surface area contributed by atoms with E-state index in [1.54, 1.807) is 0 Å². The van der Waals surface area contributed by atoms with E-state index in [2.05, 4.69) is 191 Å². The minimum absolute atomic E-state index is 0.137. The van der Waals surface area contributed by atoms with Gasteiger partial charge in [-0.3, -0.25) is 14.4 Å². The Morgan fingerprint density at radius 2 is 0.548 bits per heavy atom. The molecule has 0 aromatic carbocycles. The van der Waals surface area contributed by atoms with Gasteiger partial charge in [-0.25, -0.2) is 0 Å². The van der Waals surface area contributed by atoms with E-state index >= 15 is 0 Å². The highest BCUT2D eigenvalue weighted by Gasteiger charge is 2.19. The van der Waals surface area contributed by atoms with Gasteiger partial charge in [0.1, 0.15) is 13.2 Å². The van der Waals surface area contributed by atoms with E-state index in [0.29, 0.717) is 19.3 Å². The maximum Gasteiger partial charge on any atom is 0.306 e. The summed E-state index contributed by atoms with van der Waals surface area (Å²) in [5.74, 6) is -1.07. The van der Waals surface area contributed by atoms with Gasteiger partial charge >= 0.3 is 17.9 Å². The summed E-state index contributed by atoms with van der Waals surface area (Å²) in [5.41, 5.74) is 0. The molecule has 406 valence electrons. The average molecular weight is 1000 g/mol. The van der Waals surface area contributed by atoms with E-state index in [1.807, 2.05) is 0 Å². The number of esters is 3. The second kappa shape index (κ2) is 59.3. The lowest BCUT2D eigenvalue weighted by Crippen LogP contribution is -2.30. The maximum atomic E-state index is 12.8. The number of rotatable bonds is 49. The number of unbranched alkanes of at least 4 members (excludes halogenated alkanes) is 10. The van der Waals surface area contributed by atoms with Gasteiger partial charge in [-0.1, -0.05) is 217 Å². The first kappa shape index (κ1) is 67.8.